The molecule has 0 radical (unpaired) electrons. The van der Waals surface area contributed by atoms with Gasteiger partial charge in [0, 0.05) is 6.26 Å². The van der Waals surface area contributed by atoms with E-state index < -0.39 is 20.0 Å². The highest BCUT2D eigenvalue weighted by Crippen LogP contribution is 2.27. The van der Waals surface area contributed by atoms with Gasteiger partial charge in [0.05, 0.1) is 10.1 Å². The van der Waals surface area contributed by atoms with Crippen molar-refractivity contribution >= 4 is 32.8 Å². The molecule has 0 fully saturated rings. The van der Waals surface area contributed by atoms with Crippen LogP contribution in [0, 0.1) is 0 Å². The standard InChI is InChI=1S/C10H15ClO2S2/c1-10(2,15(3,12)13)9(11)6-8-4-5-14-7-8/h4-5,7,9H,6H2,1-3H3. The third kappa shape index (κ3) is 2.95. The number of alkyl halides is 1. The topological polar surface area (TPSA) is 34.1 Å². The van der Waals surface area contributed by atoms with E-state index in [4.69, 9.17) is 11.6 Å². The molecule has 0 aliphatic rings. The lowest BCUT2D eigenvalue weighted by Crippen LogP contribution is -2.41. The van der Waals surface area contributed by atoms with Crippen LogP contribution in [0.4, 0.5) is 0 Å². The van der Waals surface area contributed by atoms with E-state index in [1.165, 1.54) is 6.26 Å². The Hall–Kier alpha value is -0.0600. The van der Waals surface area contributed by atoms with Crippen LogP contribution in [0.1, 0.15) is 19.4 Å². The first kappa shape index (κ1) is 13.0. The molecule has 1 unspecified atom stereocenters. The first-order valence-electron chi connectivity index (χ1n) is 4.60. The summed E-state index contributed by atoms with van der Waals surface area (Å²) >= 11 is 7.77. The minimum atomic E-state index is -3.13. The van der Waals surface area contributed by atoms with E-state index in [-0.39, 0.29) is 0 Å². The maximum Gasteiger partial charge on any atom is 0.154 e. The molecule has 0 spiro atoms. The van der Waals surface area contributed by atoms with Crippen molar-refractivity contribution in [1.82, 2.24) is 0 Å². The van der Waals surface area contributed by atoms with Gasteiger partial charge in [0.1, 0.15) is 0 Å². The van der Waals surface area contributed by atoms with Crippen molar-refractivity contribution in [3.63, 3.8) is 0 Å². The van der Waals surface area contributed by atoms with E-state index in [1.54, 1.807) is 25.2 Å². The second-order valence-corrected chi connectivity index (χ2v) is 8.08. The summed E-state index contributed by atoms with van der Waals surface area (Å²) in [6.45, 7) is 3.35. The molecule has 0 N–H and O–H groups in total. The molecule has 1 aromatic heterocycles. The Labute approximate surface area is 100 Å². The summed E-state index contributed by atoms with van der Waals surface area (Å²) in [6.07, 6.45) is 1.82. The Morgan fingerprint density at radius 2 is 2.13 bits per heavy atom. The van der Waals surface area contributed by atoms with Crippen molar-refractivity contribution in [2.24, 2.45) is 0 Å². The predicted molar refractivity (Wildman–Crippen MR) is 66.6 cm³/mol. The quantitative estimate of drug-likeness (QED) is 0.786. The Morgan fingerprint density at radius 1 is 1.53 bits per heavy atom. The van der Waals surface area contributed by atoms with Crippen LogP contribution in [0.5, 0.6) is 0 Å². The van der Waals surface area contributed by atoms with E-state index in [2.05, 4.69) is 0 Å². The van der Waals surface area contributed by atoms with E-state index in [9.17, 15) is 8.42 Å². The lowest BCUT2D eigenvalue weighted by molar-refractivity contribution is 0.536. The molecule has 0 saturated heterocycles. The molecular weight excluding hydrogens is 252 g/mol. The van der Waals surface area contributed by atoms with Crippen molar-refractivity contribution in [2.45, 2.75) is 30.4 Å². The molecule has 0 aromatic carbocycles. The van der Waals surface area contributed by atoms with Gasteiger partial charge in [-0.3, -0.25) is 0 Å². The third-order valence-electron chi connectivity index (χ3n) is 2.71. The summed E-state index contributed by atoms with van der Waals surface area (Å²) in [5.41, 5.74) is 1.09. The van der Waals surface area contributed by atoms with Gasteiger partial charge in [-0.05, 0) is 42.7 Å². The fourth-order valence-corrected chi connectivity index (χ4v) is 2.99. The molecule has 2 nitrogen and oxygen atoms in total. The van der Waals surface area contributed by atoms with Crippen molar-refractivity contribution in [3.05, 3.63) is 22.4 Å². The first-order valence-corrected chi connectivity index (χ1v) is 7.87. The van der Waals surface area contributed by atoms with Gasteiger partial charge in [-0.25, -0.2) is 8.42 Å². The highest BCUT2D eigenvalue weighted by atomic mass is 35.5. The molecule has 1 atom stereocenters. The molecule has 1 rings (SSSR count). The van der Waals surface area contributed by atoms with Crippen LogP contribution in [0.2, 0.25) is 0 Å². The summed E-state index contributed by atoms with van der Waals surface area (Å²) < 4.78 is 22.2. The van der Waals surface area contributed by atoms with E-state index in [1.807, 2.05) is 16.8 Å². The smallest absolute Gasteiger partial charge is 0.154 e. The normalized spacial score (nSPS) is 15.2. The van der Waals surface area contributed by atoms with E-state index in [0.717, 1.165) is 5.56 Å². The number of halogens is 1. The predicted octanol–water partition coefficient (Wildman–Crippen LogP) is 2.72. The van der Waals surface area contributed by atoms with Crippen LogP contribution in [-0.2, 0) is 16.3 Å². The molecule has 0 saturated carbocycles. The Bertz CT molecular complexity index is 407. The zero-order valence-corrected chi connectivity index (χ0v) is 11.4. The number of hydrogen-bond acceptors (Lipinski definition) is 3. The van der Waals surface area contributed by atoms with Crippen molar-refractivity contribution < 1.29 is 8.42 Å². The lowest BCUT2D eigenvalue weighted by Gasteiger charge is -2.27. The molecule has 15 heavy (non-hydrogen) atoms. The van der Waals surface area contributed by atoms with Crippen molar-refractivity contribution in [3.8, 4) is 0 Å². The molecule has 0 aliphatic carbocycles. The number of hydrogen-bond donors (Lipinski definition) is 0. The summed E-state index contributed by atoms with van der Waals surface area (Å²) in [6, 6.07) is 1.97. The number of thiophene rings is 1. The van der Waals surface area contributed by atoms with Crippen molar-refractivity contribution in [2.75, 3.05) is 6.26 Å². The number of sulfone groups is 1. The second kappa shape index (κ2) is 4.44. The molecule has 1 aromatic rings. The minimum Gasteiger partial charge on any atom is -0.229 e. The van der Waals surface area contributed by atoms with Crippen LogP contribution in [0.15, 0.2) is 16.8 Å². The molecule has 86 valence electrons. The maximum absolute atomic E-state index is 11.5. The zero-order chi connectivity index (χ0) is 11.7. The average molecular weight is 267 g/mol. The maximum atomic E-state index is 11.5. The summed E-state index contributed by atoms with van der Waals surface area (Å²) in [4.78, 5) is 0. The van der Waals surface area contributed by atoms with Gasteiger partial charge in [0.15, 0.2) is 9.84 Å². The SMILES string of the molecule is CC(C)(C(Cl)Cc1ccsc1)S(C)(=O)=O. The molecular formula is C10H15ClO2S2. The van der Waals surface area contributed by atoms with Gasteiger partial charge in [0.2, 0.25) is 0 Å². The van der Waals surface area contributed by atoms with E-state index >= 15 is 0 Å². The fraction of sp³-hybridized carbons (Fsp3) is 0.600. The molecule has 0 amide bonds. The number of rotatable bonds is 4. The first-order chi connectivity index (χ1) is 6.75. The molecule has 5 heteroatoms. The fourth-order valence-electron chi connectivity index (χ4n) is 1.09. The monoisotopic (exact) mass is 266 g/mol. The third-order valence-corrected chi connectivity index (χ3v) is 6.46. The summed E-state index contributed by atoms with van der Waals surface area (Å²) in [7, 11) is -3.13. The molecule has 0 bridgehead atoms. The summed E-state index contributed by atoms with van der Waals surface area (Å²) in [5, 5.41) is 3.56. The average Bonchev–Trinajstić information content (AvgIpc) is 2.54. The van der Waals surface area contributed by atoms with Gasteiger partial charge in [-0.2, -0.15) is 11.3 Å². The van der Waals surface area contributed by atoms with Crippen LogP contribution >= 0.6 is 22.9 Å². The molecule has 0 aliphatic heterocycles. The van der Waals surface area contributed by atoms with E-state index in [0.29, 0.717) is 6.42 Å². The van der Waals surface area contributed by atoms with Crippen molar-refractivity contribution in [1.29, 1.82) is 0 Å². The van der Waals surface area contributed by atoms with Crippen LogP contribution < -0.4 is 0 Å². The van der Waals surface area contributed by atoms with Gasteiger partial charge in [-0.1, -0.05) is 0 Å². The Balaban J connectivity index is 2.81. The van der Waals surface area contributed by atoms with Crippen LogP contribution in [-0.4, -0.2) is 24.8 Å². The van der Waals surface area contributed by atoms with Gasteiger partial charge < -0.3 is 0 Å². The van der Waals surface area contributed by atoms with Gasteiger partial charge >= 0.3 is 0 Å². The van der Waals surface area contributed by atoms with Crippen LogP contribution in [0.25, 0.3) is 0 Å². The second-order valence-electron chi connectivity index (χ2n) is 4.18. The highest BCUT2D eigenvalue weighted by Gasteiger charge is 2.37. The zero-order valence-electron chi connectivity index (χ0n) is 9.03. The van der Waals surface area contributed by atoms with Gasteiger partial charge in [-0.15, -0.1) is 11.6 Å². The summed E-state index contributed by atoms with van der Waals surface area (Å²) in [5.74, 6) is 0. The van der Waals surface area contributed by atoms with Crippen LogP contribution in [0.3, 0.4) is 0 Å². The lowest BCUT2D eigenvalue weighted by atomic mass is 10.0. The largest absolute Gasteiger partial charge is 0.229 e. The molecule has 1 heterocycles. The Kier molecular flexibility index (Phi) is 3.85. The van der Waals surface area contributed by atoms with Gasteiger partial charge in [0.25, 0.3) is 0 Å². The Morgan fingerprint density at radius 3 is 2.53 bits per heavy atom. The minimum absolute atomic E-state index is 0.401. The highest BCUT2D eigenvalue weighted by molar-refractivity contribution is 7.92.